The number of ether oxygens (including phenoxy) is 1. The van der Waals surface area contributed by atoms with E-state index in [1.807, 2.05) is 0 Å². The summed E-state index contributed by atoms with van der Waals surface area (Å²) in [5.74, 6) is -3.82. The van der Waals surface area contributed by atoms with E-state index in [1.165, 1.54) is 7.05 Å². The lowest BCUT2D eigenvalue weighted by Crippen LogP contribution is -2.53. The van der Waals surface area contributed by atoms with Crippen LogP contribution in [0.4, 0.5) is 19.3 Å². The molecule has 0 aromatic heterocycles. The number of halogens is 2. The number of nitrogens with one attached hydrogen (secondary N) is 2. The average molecular weight is 353 g/mol. The summed E-state index contributed by atoms with van der Waals surface area (Å²) in [4.78, 5) is 35.8. The van der Waals surface area contributed by atoms with Crippen LogP contribution in [-0.2, 0) is 14.3 Å². The van der Waals surface area contributed by atoms with Crippen LogP contribution in [0.1, 0.15) is 24.3 Å². The molecule has 25 heavy (non-hydrogen) atoms. The first-order valence-electron chi connectivity index (χ1n) is 7.85. The van der Waals surface area contributed by atoms with Crippen molar-refractivity contribution in [3.8, 4) is 0 Å². The van der Waals surface area contributed by atoms with Gasteiger partial charge >= 0.3 is 6.09 Å². The van der Waals surface area contributed by atoms with Crippen LogP contribution in [0.25, 0.3) is 0 Å². The fourth-order valence-corrected chi connectivity index (χ4v) is 2.99. The first-order chi connectivity index (χ1) is 11.9. The molecule has 1 unspecified atom stereocenters. The Labute approximate surface area is 142 Å². The number of rotatable bonds is 3. The van der Waals surface area contributed by atoms with Gasteiger partial charge in [0.15, 0.2) is 0 Å². The first-order valence-corrected chi connectivity index (χ1v) is 7.85. The fraction of sp³-hybridized carbons (Fsp3) is 0.438. The SMILES string of the molecule is CNC(=O)OC1CN(c2cc(F)c(C3CCC(=O)NC3=O)c(F)c2)C1. The number of carbonyl (C=O) groups excluding carboxylic acids is 3. The smallest absolute Gasteiger partial charge is 0.407 e. The van der Waals surface area contributed by atoms with E-state index in [0.717, 1.165) is 12.1 Å². The highest BCUT2D eigenvalue weighted by molar-refractivity contribution is 6.01. The van der Waals surface area contributed by atoms with E-state index in [9.17, 15) is 23.2 Å². The molecule has 2 fully saturated rings. The molecule has 0 saturated carbocycles. The maximum absolute atomic E-state index is 14.4. The van der Waals surface area contributed by atoms with Crippen molar-refractivity contribution < 1.29 is 27.9 Å². The zero-order valence-corrected chi connectivity index (χ0v) is 13.5. The average Bonchev–Trinajstić information content (AvgIpc) is 2.51. The molecular formula is C16H17F2N3O4. The standard InChI is InChI=1S/C16H17F2N3O4/c1-19-16(24)25-9-6-21(7-9)8-4-11(17)14(12(18)5-8)10-2-3-13(22)20-15(10)23/h4-5,9-10H,2-3,6-7H2,1H3,(H,19,24)(H,20,22,23). The maximum atomic E-state index is 14.4. The highest BCUT2D eigenvalue weighted by Crippen LogP contribution is 2.33. The number of piperidine rings is 1. The molecule has 3 amide bonds. The van der Waals surface area contributed by atoms with E-state index in [1.54, 1.807) is 4.90 Å². The number of amides is 3. The minimum Gasteiger partial charge on any atom is -0.442 e. The van der Waals surface area contributed by atoms with Crippen molar-refractivity contribution in [2.24, 2.45) is 0 Å². The van der Waals surface area contributed by atoms with E-state index in [0.29, 0.717) is 18.8 Å². The molecule has 2 heterocycles. The van der Waals surface area contributed by atoms with Gasteiger partial charge in [-0.3, -0.25) is 14.9 Å². The van der Waals surface area contributed by atoms with Crippen LogP contribution in [0.3, 0.4) is 0 Å². The summed E-state index contributed by atoms with van der Waals surface area (Å²) >= 11 is 0. The summed E-state index contributed by atoms with van der Waals surface area (Å²) in [6, 6.07) is 2.30. The molecule has 2 aliphatic heterocycles. The number of carbonyl (C=O) groups is 3. The highest BCUT2D eigenvalue weighted by Gasteiger charge is 2.35. The van der Waals surface area contributed by atoms with Crippen LogP contribution >= 0.6 is 0 Å². The van der Waals surface area contributed by atoms with Gasteiger partial charge in [-0.2, -0.15) is 0 Å². The Morgan fingerprint density at radius 2 is 1.92 bits per heavy atom. The Kier molecular flexibility index (Phi) is 4.56. The monoisotopic (exact) mass is 353 g/mol. The molecule has 134 valence electrons. The zero-order valence-electron chi connectivity index (χ0n) is 13.5. The molecule has 0 aliphatic carbocycles. The van der Waals surface area contributed by atoms with Crippen LogP contribution in [0, 0.1) is 11.6 Å². The van der Waals surface area contributed by atoms with Crippen LogP contribution in [0.5, 0.6) is 0 Å². The highest BCUT2D eigenvalue weighted by atomic mass is 19.1. The predicted octanol–water partition coefficient (Wildman–Crippen LogP) is 1.03. The molecule has 9 heteroatoms. The maximum Gasteiger partial charge on any atom is 0.407 e. The summed E-state index contributed by atoms with van der Waals surface area (Å²) in [7, 11) is 1.44. The molecule has 0 bridgehead atoms. The van der Waals surface area contributed by atoms with Gasteiger partial charge in [0.2, 0.25) is 11.8 Å². The number of hydrogen-bond acceptors (Lipinski definition) is 5. The Hall–Kier alpha value is -2.71. The Balaban J connectivity index is 1.72. The van der Waals surface area contributed by atoms with Crippen LogP contribution in [0.2, 0.25) is 0 Å². The van der Waals surface area contributed by atoms with Gasteiger partial charge in [0, 0.05) is 24.7 Å². The lowest BCUT2D eigenvalue weighted by Gasteiger charge is -2.40. The van der Waals surface area contributed by atoms with Gasteiger partial charge < -0.3 is 15.0 Å². The third-order valence-corrected chi connectivity index (χ3v) is 4.34. The quantitative estimate of drug-likeness (QED) is 0.793. The van der Waals surface area contributed by atoms with E-state index in [2.05, 4.69) is 10.6 Å². The van der Waals surface area contributed by atoms with Crippen molar-refractivity contribution in [3.05, 3.63) is 29.3 Å². The second-order valence-corrected chi connectivity index (χ2v) is 6.01. The molecule has 3 rings (SSSR count). The second kappa shape index (κ2) is 6.66. The number of imide groups is 1. The van der Waals surface area contributed by atoms with E-state index >= 15 is 0 Å². The van der Waals surface area contributed by atoms with Crippen molar-refractivity contribution >= 4 is 23.6 Å². The fourth-order valence-electron chi connectivity index (χ4n) is 2.99. The molecule has 2 aliphatic rings. The topological polar surface area (TPSA) is 87.7 Å². The summed E-state index contributed by atoms with van der Waals surface area (Å²) in [5, 5.41) is 4.42. The van der Waals surface area contributed by atoms with Crippen molar-refractivity contribution in [3.63, 3.8) is 0 Å². The Bertz CT molecular complexity index is 711. The van der Waals surface area contributed by atoms with Crippen molar-refractivity contribution in [1.29, 1.82) is 0 Å². The molecule has 2 saturated heterocycles. The minimum absolute atomic E-state index is 0.0433. The molecule has 7 nitrogen and oxygen atoms in total. The van der Waals surface area contributed by atoms with Gasteiger partial charge in [0.25, 0.3) is 0 Å². The van der Waals surface area contributed by atoms with Gasteiger partial charge in [0.05, 0.1) is 19.0 Å². The van der Waals surface area contributed by atoms with Crippen LogP contribution in [-0.4, -0.2) is 44.1 Å². The summed E-state index contributed by atoms with van der Waals surface area (Å²) in [6.45, 7) is 0.647. The van der Waals surface area contributed by atoms with Crippen molar-refractivity contribution in [2.45, 2.75) is 24.9 Å². The van der Waals surface area contributed by atoms with E-state index in [-0.39, 0.29) is 24.5 Å². The van der Waals surface area contributed by atoms with Gasteiger partial charge in [-0.05, 0) is 18.6 Å². The van der Waals surface area contributed by atoms with Gasteiger partial charge in [-0.15, -0.1) is 0 Å². The van der Waals surface area contributed by atoms with Crippen molar-refractivity contribution in [2.75, 3.05) is 25.0 Å². The van der Waals surface area contributed by atoms with Gasteiger partial charge in [-0.1, -0.05) is 0 Å². The van der Waals surface area contributed by atoms with Crippen LogP contribution in [0.15, 0.2) is 12.1 Å². The number of hydrogen-bond donors (Lipinski definition) is 2. The second-order valence-electron chi connectivity index (χ2n) is 6.01. The van der Waals surface area contributed by atoms with E-state index < -0.39 is 35.5 Å². The number of anilines is 1. The number of nitrogens with zero attached hydrogens (tertiary/aromatic N) is 1. The summed E-state index contributed by atoms with van der Waals surface area (Å²) < 4.78 is 33.9. The van der Waals surface area contributed by atoms with Crippen LogP contribution < -0.4 is 15.5 Å². The Morgan fingerprint density at radius 3 is 2.48 bits per heavy atom. The summed E-state index contributed by atoms with van der Waals surface area (Å²) in [6.07, 6.45) is -0.790. The molecule has 1 aromatic carbocycles. The third kappa shape index (κ3) is 3.40. The molecular weight excluding hydrogens is 336 g/mol. The molecule has 0 radical (unpaired) electrons. The Morgan fingerprint density at radius 1 is 1.28 bits per heavy atom. The van der Waals surface area contributed by atoms with Gasteiger partial charge in [-0.25, -0.2) is 13.6 Å². The first kappa shape index (κ1) is 17.1. The minimum atomic E-state index is -1.02. The lowest BCUT2D eigenvalue weighted by molar-refractivity contribution is -0.134. The molecule has 2 N–H and O–H groups in total. The number of alkyl carbamates (subject to hydrolysis) is 1. The van der Waals surface area contributed by atoms with Gasteiger partial charge in [0.1, 0.15) is 17.7 Å². The van der Waals surface area contributed by atoms with E-state index in [4.69, 9.17) is 4.74 Å². The largest absolute Gasteiger partial charge is 0.442 e. The predicted molar refractivity (Wildman–Crippen MR) is 83.0 cm³/mol. The number of benzene rings is 1. The molecule has 0 spiro atoms. The summed E-state index contributed by atoms with van der Waals surface area (Å²) in [5.41, 5.74) is -0.0183. The van der Waals surface area contributed by atoms with Crippen molar-refractivity contribution in [1.82, 2.24) is 10.6 Å². The lowest BCUT2D eigenvalue weighted by atomic mass is 9.89. The normalized spacial score (nSPS) is 20.8. The molecule has 1 aromatic rings. The third-order valence-electron chi connectivity index (χ3n) is 4.34. The molecule has 1 atom stereocenters. The zero-order chi connectivity index (χ0) is 18.1.